The van der Waals surface area contributed by atoms with E-state index in [1.54, 1.807) is 16.3 Å². The fourth-order valence-corrected chi connectivity index (χ4v) is 5.97. The van der Waals surface area contributed by atoms with Crippen molar-refractivity contribution in [2.75, 3.05) is 26.8 Å². The molecule has 0 spiro atoms. The van der Waals surface area contributed by atoms with Gasteiger partial charge < -0.3 is 9.47 Å². The van der Waals surface area contributed by atoms with Crippen LogP contribution >= 0.6 is 0 Å². The Kier molecular flexibility index (Phi) is 4.56. The molecular weight excluding hydrogens is 408 g/mol. The Labute approximate surface area is 174 Å². The van der Waals surface area contributed by atoms with Crippen LogP contribution in [-0.2, 0) is 26.9 Å². The third kappa shape index (κ3) is 2.91. The molecule has 0 N–H and O–H groups in total. The van der Waals surface area contributed by atoms with E-state index in [-0.39, 0.29) is 4.90 Å². The van der Waals surface area contributed by atoms with Gasteiger partial charge in [-0.05, 0) is 31.4 Å². The Morgan fingerprint density at radius 1 is 1.20 bits per heavy atom. The fourth-order valence-electron chi connectivity index (χ4n) is 4.47. The van der Waals surface area contributed by atoms with Crippen LogP contribution in [0, 0.1) is 6.92 Å². The van der Waals surface area contributed by atoms with Crippen molar-refractivity contribution in [1.82, 2.24) is 28.7 Å². The van der Waals surface area contributed by atoms with Crippen LogP contribution in [0.3, 0.4) is 0 Å². The second-order valence-corrected chi connectivity index (χ2v) is 9.68. The van der Waals surface area contributed by atoms with Crippen LogP contribution in [0.5, 0.6) is 5.88 Å². The van der Waals surface area contributed by atoms with Gasteiger partial charge in [0.15, 0.2) is 10.5 Å². The van der Waals surface area contributed by atoms with Gasteiger partial charge in [-0.1, -0.05) is 0 Å². The van der Waals surface area contributed by atoms with E-state index in [0.29, 0.717) is 45.0 Å². The van der Waals surface area contributed by atoms with Crippen LogP contribution in [0.1, 0.15) is 30.4 Å². The number of piperidine rings is 1. The Hall–Kier alpha value is -2.50. The zero-order valence-corrected chi connectivity index (χ0v) is 17.8. The lowest BCUT2D eigenvalue weighted by atomic mass is 9.83. The average Bonchev–Trinajstić information content (AvgIpc) is 3.40. The zero-order chi connectivity index (χ0) is 20.9. The lowest BCUT2D eigenvalue weighted by molar-refractivity contribution is -0.0515. The Bertz CT molecular complexity index is 1190. The zero-order valence-electron chi connectivity index (χ0n) is 17.0. The molecule has 2 aliphatic rings. The molecule has 0 aliphatic carbocycles. The highest BCUT2D eigenvalue weighted by Gasteiger charge is 2.42. The summed E-state index contributed by atoms with van der Waals surface area (Å²) in [6.45, 7) is 3.88. The first-order valence-corrected chi connectivity index (χ1v) is 11.4. The van der Waals surface area contributed by atoms with E-state index in [4.69, 9.17) is 9.47 Å². The van der Waals surface area contributed by atoms with Gasteiger partial charge >= 0.3 is 0 Å². The molecule has 0 aromatic carbocycles. The lowest BCUT2D eigenvalue weighted by Crippen LogP contribution is -2.46. The summed E-state index contributed by atoms with van der Waals surface area (Å²) in [5.74, 6) is 0.345. The van der Waals surface area contributed by atoms with E-state index >= 15 is 0 Å². The van der Waals surface area contributed by atoms with Crippen molar-refractivity contribution in [3.05, 3.63) is 35.9 Å². The molecule has 3 aromatic rings. The van der Waals surface area contributed by atoms with Crippen molar-refractivity contribution in [2.24, 2.45) is 0 Å². The monoisotopic (exact) mass is 432 g/mol. The first-order chi connectivity index (χ1) is 14.4. The molecule has 3 aromatic heterocycles. The Balaban J connectivity index is 1.43. The van der Waals surface area contributed by atoms with E-state index in [1.165, 1.54) is 16.8 Å². The molecular formula is C19H24N6O4S. The number of hydrogen-bond acceptors (Lipinski definition) is 7. The predicted molar refractivity (Wildman–Crippen MR) is 107 cm³/mol. The highest BCUT2D eigenvalue weighted by Crippen LogP contribution is 2.40. The van der Waals surface area contributed by atoms with Crippen molar-refractivity contribution >= 4 is 15.7 Å². The summed E-state index contributed by atoms with van der Waals surface area (Å²) in [5.41, 5.74) is 2.25. The van der Waals surface area contributed by atoms with Crippen LogP contribution in [-0.4, -0.2) is 63.9 Å². The molecule has 10 nitrogen and oxygen atoms in total. The second-order valence-electron chi connectivity index (χ2n) is 7.77. The van der Waals surface area contributed by atoms with Crippen molar-refractivity contribution in [1.29, 1.82) is 0 Å². The van der Waals surface area contributed by atoms with Crippen LogP contribution in [0.4, 0.5) is 0 Å². The molecule has 1 fully saturated rings. The van der Waals surface area contributed by atoms with E-state index in [0.717, 1.165) is 23.2 Å². The largest absolute Gasteiger partial charge is 0.477 e. The minimum absolute atomic E-state index is 0.146. The molecule has 2 aliphatic heterocycles. The molecule has 11 heteroatoms. The smallest absolute Gasteiger partial charge is 0.250 e. The number of aromatic nitrogens is 5. The highest BCUT2D eigenvalue weighted by atomic mass is 32.2. The van der Waals surface area contributed by atoms with E-state index in [1.807, 2.05) is 19.2 Å². The molecule has 1 saturated heterocycles. The third-order valence-corrected chi connectivity index (χ3v) is 8.05. The summed E-state index contributed by atoms with van der Waals surface area (Å²) in [6.07, 6.45) is 6.75. The van der Waals surface area contributed by atoms with Crippen molar-refractivity contribution < 1.29 is 17.9 Å². The Morgan fingerprint density at radius 3 is 2.77 bits per heavy atom. The van der Waals surface area contributed by atoms with Gasteiger partial charge in [0.2, 0.25) is 15.9 Å². The molecule has 0 radical (unpaired) electrons. The summed E-state index contributed by atoms with van der Waals surface area (Å²) in [4.78, 5) is 4.37. The topological polar surface area (TPSA) is 104 Å². The number of rotatable bonds is 4. The van der Waals surface area contributed by atoms with Crippen LogP contribution in [0.15, 0.2) is 29.7 Å². The number of hydrogen-bond donors (Lipinski definition) is 0. The second kappa shape index (κ2) is 7.03. The number of methoxy groups -OCH3 is 1. The van der Waals surface area contributed by atoms with Crippen LogP contribution in [0.2, 0.25) is 0 Å². The summed E-state index contributed by atoms with van der Waals surface area (Å²) >= 11 is 0. The molecule has 30 heavy (non-hydrogen) atoms. The quantitative estimate of drug-likeness (QED) is 0.613. The van der Waals surface area contributed by atoms with Gasteiger partial charge in [0.25, 0.3) is 0 Å². The van der Waals surface area contributed by atoms with Gasteiger partial charge in [-0.2, -0.15) is 14.5 Å². The first kappa shape index (κ1) is 19.5. The normalized spacial score (nSPS) is 19.5. The first-order valence-electron chi connectivity index (χ1n) is 9.99. The van der Waals surface area contributed by atoms with Gasteiger partial charge in [-0.25, -0.2) is 22.6 Å². The molecule has 0 unspecified atom stereocenters. The fraction of sp³-hybridized carbons (Fsp3) is 0.526. The molecule has 0 amide bonds. The number of fused-ring (bicyclic) bond motifs is 2. The Morgan fingerprint density at radius 2 is 2.00 bits per heavy atom. The molecule has 5 rings (SSSR count). The van der Waals surface area contributed by atoms with Gasteiger partial charge in [-0.3, -0.25) is 0 Å². The lowest BCUT2D eigenvalue weighted by Gasteiger charge is -2.41. The average molecular weight is 433 g/mol. The predicted octanol–water partition coefficient (Wildman–Crippen LogP) is 1.34. The molecule has 160 valence electrons. The maximum absolute atomic E-state index is 13.3. The SMILES string of the molecule is COC1(c2cn3ncnc3cc2C)CCN(S(=O)(=O)c2cnn3c2OCCC3)CC1. The number of nitrogens with zero attached hydrogens (tertiary/aromatic N) is 6. The minimum atomic E-state index is -3.69. The summed E-state index contributed by atoms with van der Waals surface area (Å²) < 4.78 is 43.0. The van der Waals surface area contributed by atoms with Crippen LogP contribution < -0.4 is 4.74 Å². The number of ether oxygens (including phenoxy) is 2. The van der Waals surface area contributed by atoms with Crippen LogP contribution in [0.25, 0.3) is 5.65 Å². The molecule has 0 bridgehead atoms. The maximum atomic E-state index is 13.3. The summed E-state index contributed by atoms with van der Waals surface area (Å²) in [7, 11) is -2.02. The van der Waals surface area contributed by atoms with Crippen molar-refractivity contribution in [3.63, 3.8) is 0 Å². The van der Waals surface area contributed by atoms with E-state index in [2.05, 4.69) is 15.2 Å². The van der Waals surface area contributed by atoms with Crippen molar-refractivity contribution in [3.8, 4) is 5.88 Å². The van der Waals surface area contributed by atoms with Gasteiger partial charge in [0.1, 0.15) is 6.33 Å². The summed E-state index contributed by atoms with van der Waals surface area (Å²) in [5, 5.41) is 8.42. The number of aryl methyl sites for hydroxylation is 2. The number of pyridine rings is 1. The van der Waals surface area contributed by atoms with Gasteiger partial charge in [0.05, 0.1) is 18.4 Å². The standard InChI is InChI=1S/C19H24N6O4S/c1-14-10-17-20-13-22-25(17)12-15(14)19(28-2)4-7-23(8-5-19)30(26,27)16-11-21-24-6-3-9-29-18(16)24/h10-13H,3-9H2,1-2H3. The number of sulfonamides is 1. The highest BCUT2D eigenvalue weighted by molar-refractivity contribution is 7.89. The third-order valence-electron chi connectivity index (χ3n) is 6.16. The molecule has 5 heterocycles. The van der Waals surface area contributed by atoms with E-state index < -0.39 is 15.6 Å². The van der Waals surface area contributed by atoms with E-state index in [9.17, 15) is 8.42 Å². The molecule has 0 atom stereocenters. The van der Waals surface area contributed by atoms with Gasteiger partial charge in [-0.15, -0.1) is 0 Å². The minimum Gasteiger partial charge on any atom is -0.477 e. The molecule has 0 saturated carbocycles. The van der Waals surface area contributed by atoms with Crippen molar-refractivity contribution in [2.45, 2.75) is 43.2 Å². The summed E-state index contributed by atoms with van der Waals surface area (Å²) in [6, 6.07) is 1.97. The van der Waals surface area contributed by atoms with Gasteiger partial charge in [0, 0.05) is 44.9 Å². The maximum Gasteiger partial charge on any atom is 0.250 e.